The highest BCUT2D eigenvalue weighted by molar-refractivity contribution is 7.79. The summed E-state index contributed by atoms with van der Waals surface area (Å²) in [5.41, 5.74) is 0. The van der Waals surface area contributed by atoms with Crippen molar-refractivity contribution in [1.29, 1.82) is 0 Å². The number of aliphatic imine (C=N–C) groups is 1. The molecule has 0 aromatic carbocycles. The van der Waals surface area contributed by atoms with Crippen LogP contribution in [0, 0.1) is 0 Å². The second kappa shape index (κ2) is 5.63. The van der Waals surface area contributed by atoms with Crippen LogP contribution in [0.15, 0.2) is 4.99 Å². The van der Waals surface area contributed by atoms with Crippen LogP contribution in [0.25, 0.3) is 0 Å². The van der Waals surface area contributed by atoms with Gasteiger partial charge in [0.2, 0.25) is 0 Å². The molecule has 8 nitrogen and oxygen atoms in total. The van der Waals surface area contributed by atoms with Crippen LogP contribution < -0.4 is 5.32 Å². The molecule has 0 amide bonds. The summed E-state index contributed by atoms with van der Waals surface area (Å²) in [6, 6.07) is -0.433. The molecule has 0 aromatic heterocycles. The minimum Gasteiger partial charge on any atom is -0.480 e. The molecule has 88 valence electrons. The molecular weight excluding hydrogens is 228 g/mol. The topological polar surface area (TPSA) is 136 Å². The van der Waals surface area contributed by atoms with E-state index in [9.17, 15) is 4.79 Å². The van der Waals surface area contributed by atoms with Crippen molar-refractivity contribution in [2.24, 2.45) is 4.99 Å². The highest BCUT2D eigenvalue weighted by Crippen LogP contribution is 1.98. The number of aliphatic carboxylic acids is 1. The minimum atomic E-state index is -4.67. The number of nitrogens with zero attached hydrogens (tertiary/aromatic N) is 1. The van der Waals surface area contributed by atoms with Crippen LogP contribution in [0.2, 0.25) is 0 Å². The van der Waals surface area contributed by atoms with E-state index in [0.717, 1.165) is 5.84 Å². The SMILES string of the molecule is CC1=NCCC(C(=O)O)N1.O=S(=O)(O)O. The van der Waals surface area contributed by atoms with Gasteiger partial charge >= 0.3 is 16.4 Å². The van der Waals surface area contributed by atoms with E-state index in [1.807, 2.05) is 0 Å². The van der Waals surface area contributed by atoms with Crippen LogP contribution in [0.5, 0.6) is 0 Å². The van der Waals surface area contributed by atoms with Gasteiger partial charge < -0.3 is 10.4 Å². The molecule has 1 unspecified atom stereocenters. The Bertz CT molecular complexity index is 341. The number of hydrogen-bond donors (Lipinski definition) is 4. The fraction of sp³-hybridized carbons (Fsp3) is 0.667. The fourth-order valence-corrected chi connectivity index (χ4v) is 0.917. The van der Waals surface area contributed by atoms with Gasteiger partial charge in [0, 0.05) is 6.54 Å². The van der Waals surface area contributed by atoms with Crippen molar-refractivity contribution in [3.63, 3.8) is 0 Å². The second-order valence-corrected chi connectivity index (χ2v) is 3.63. The van der Waals surface area contributed by atoms with Crippen molar-refractivity contribution in [2.45, 2.75) is 19.4 Å². The predicted octanol–water partition coefficient (Wildman–Crippen LogP) is -0.801. The van der Waals surface area contributed by atoms with Crippen LogP contribution in [-0.2, 0) is 15.2 Å². The van der Waals surface area contributed by atoms with Crippen molar-refractivity contribution in [3.05, 3.63) is 0 Å². The number of amidine groups is 1. The number of carboxylic acids is 1. The number of nitrogens with one attached hydrogen (secondary N) is 1. The van der Waals surface area contributed by atoms with Gasteiger partial charge in [-0.15, -0.1) is 0 Å². The first-order chi connectivity index (χ1) is 6.70. The largest absolute Gasteiger partial charge is 0.480 e. The molecular formula is C6H12N2O6S. The van der Waals surface area contributed by atoms with Gasteiger partial charge in [0.1, 0.15) is 6.04 Å². The molecule has 9 heteroatoms. The Morgan fingerprint density at radius 2 is 2.00 bits per heavy atom. The Labute approximate surface area is 86.6 Å². The fourth-order valence-electron chi connectivity index (χ4n) is 0.917. The molecule has 1 heterocycles. The standard InChI is InChI=1S/C6H10N2O2.H2O4S/c1-4-7-3-2-5(8-4)6(9)10;1-5(2,3)4/h5H,2-3H2,1H3,(H,7,8)(H,9,10);(H2,1,2,3,4). The molecule has 1 aliphatic rings. The van der Waals surface area contributed by atoms with E-state index in [0.29, 0.717) is 13.0 Å². The smallest absolute Gasteiger partial charge is 0.394 e. The van der Waals surface area contributed by atoms with Gasteiger partial charge in [0.25, 0.3) is 0 Å². The molecule has 0 saturated heterocycles. The van der Waals surface area contributed by atoms with E-state index in [4.69, 9.17) is 22.6 Å². The molecule has 1 aliphatic heterocycles. The van der Waals surface area contributed by atoms with Gasteiger partial charge in [-0.25, -0.2) is 4.79 Å². The molecule has 1 rings (SSSR count). The Hall–Kier alpha value is -1.19. The van der Waals surface area contributed by atoms with Gasteiger partial charge in [0.15, 0.2) is 0 Å². The summed E-state index contributed by atoms with van der Waals surface area (Å²) < 4.78 is 31.6. The number of hydrogen-bond acceptors (Lipinski definition) is 5. The highest BCUT2D eigenvalue weighted by atomic mass is 32.3. The molecule has 0 aliphatic carbocycles. The van der Waals surface area contributed by atoms with Gasteiger partial charge in [-0.05, 0) is 13.3 Å². The second-order valence-electron chi connectivity index (χ2n) is 2.74. The van der Waals surface area contributed by atoms with Gasteiger partial charge in [0.05, 0.1) is 5.84 Å². The third kappa shape index (κ3) is 9.12. The van der Waals surface area contributed by atoms with Crippen LogP contribution in [0.4, 0.5) is 0 Å². The molecule has 1 atom stereocenters. The lowest BCUT2D eigenvalue weighted by atomic mass is 10.2. The monoisotopic (exact) mass is 240 g/mol. The number of carbonyl (C=O) groups is 1. The van der Waals surface area contributed by atoms with Crippen molar-refractivity contribution in [3.8, 4) is 0 Å². The van der Waals surface area contributed by atoms with Crippen LogP contribution in [0.3, 0.4) is 0 Å². The van der Waals surface area contributed by atoms with E-state index >= 15 is 0 Å². The van der Waals surface area contributed by atoms with Gasteiger partial charge in [-0.1, -0.05) is 0 Å². The van der Waals surface area contributed by atoms with E-state index < -0.39 is 22.4 Å². The van der Waals surface area contributed by atoms with E-state index in [2.05, 4.69) is 10.3 Å². The van der Waals surface area contributed by atoms with Gasteiger partial charge in [-0.2, -0.15) is 8.42 Å². The molecule has 0 bridgehead atoms. The zero-order chi connectivity index (χ0) is 12.1. The summed E-state index contributed by atoms with van der Waals surface area (Å²) >= 11 is 0. The normalized spacial score (nSPS) is 20.5. The Morgan fingerprint density at radius 1 is 1.53 bits per heavy atom. The first-order valence-electron chi connectivity index (χ1n) is 3.90. The van der Waals surface area contributed by atoms with Crippen molar-refractivity contribution in [2.75, 3.05) is 6.54 Å². The number of carboxylic acid groups (broad SMARTS) is 1. The summed E-state index contributed by atoms with van der Waals surface area (Å²) in [6.07, 6.45) is 0.590. The summed E-state index contributed by atoms with van der Waals surface area (Å²) in [5.74, 6) is -0.0760. The molecule has 0 spiro atoms. The zero-order valence-electron chi connectivity index (χ0n) is 7.91. The first-order valence-corrected chi connectivity index (χ1v) is 5.30. The van der Waals surface area contributed by atoms with E-state index in [1.165, 1.54) is 0 Å². The Morgan fingerprint density at radius 3 is 2.27 bits per heavy atom. The predicted molar refractivity (Wildman–Crippen MR) is 51.3 cm³/mol. The highest BCUT2D eigenvalue weighted by Gasteiger charge is 2.19. The quantitative estimate of drug-likeness (QED) is 0.440. The summed E-state index contributed by atoms with van der Waals surface area (Å²) in [4.78, 5) is 14.4. The Kier molecular flexibility index (Phi) is 5.19. The third-order valence-corrected chi connectivity index (χ3v) is 1.45. The van der Waals surface area contributed by atoms with Gasteiger partial charge in [-0.3, -0.25) is 14.1 Å². The van der Waals surface area contributed by atoms with Crippen molar-refractivity contribution < 1.29 is 27.4 Å². The summed E-state index contributed by atoms with van der Waals surface area (Å²) in [7, 11) is -4.67. The van der Waals surface area contributed by atoms with Crippen LogP contribution >= 0.6 is 0 Å². The zero-order valence-corrected chi connectivity index (χ0v) is 8.73. The first kappa shape index (κ1) is 13.8. The van der Waals surface area contributed by atoms with E-state index in [-0.39, 0.29) is 0 Å². The third-order valence-electron chi connectivity index (χ3n) is 1.45. The lowest BCUT2D eigenvalue weighted by Gasteiger charge is -2.18. The molecule has 0 saturated carbocycles. The molecule has 0 radical (unpaired) electrons. The molecule has 0 aromatic rings. The van der Waals surface area contributed by atoms with Crippen molar-refractivity contribution >= 4 is 22.2 Å². The molecule has 15 heavy (non-hydrogen) atoms. The lowest BCUT2D eigenvalue weighted by Crippen LogP contribution is -2.42. The maximum absolute atomic E-state index is 10.4. The molecule has 0 fully saturated rings. The lowest BCUT2D eigenvalue weighted by molar-refractivity contribution is -0.139. The van der Waals surface area contributed by atoms with Crippen molar-refractivity contribution in [1.82, 2.24) is 5.32 Å². The number of rotatable bonds is 1. The minimum absolute atomic E-state index is 0.433. The molecule has 4 N–H and O–H groups in total. The maximum Gasteiger partial charge on any atom is 0.394 e. The Balaban J connectivity index is 0.000000336. The summed E-state index contributed by atoms with van der Waals surface area (Å²) in [5, 5.41) is 11.3. The summed E-state index contributed by atoms with van der Waals surface area (Å²) in [6.45, 7) is 2.39. The average Bonchev–Trinajstić information content (AvgIpc) is 2.00. The maximum atomic E-state index is 10.4. The van der Waals surface area contributed by atoms with Crippen LogP contribution in [-0.4, -0.2) is 47.0 Å². The average molecular weight is 240 g/mol. The van der Waals surface area contributed by atoms with E-state index in [1.54, 1.807) is 6.92 Å². The van der Waals surface area contributed by atoms with Crippen LogP contribution in [0.1, 0.15) is 13.3 Å².